The van der Waals surface area contributed by atoms with Crippen LogP contribution in [0.3, 0.4) is 0 Å². The van der Waals surface area contributed by atoms with E-state index in [2.05, 4.69) is 6.92 Å². The SMILES string of the molecule is CCCCN(C)C(=O)CCS(=O)(=O)N1CCCc2ccccc21. The standard InChI is InChI=1S/C17H26N2O3S/c1-3-4-12-18(2)17(20)11-14-23(21,22)19-13-7-9-15-8-5-6-10-16(15)19/h5-6,8,10H,3-4,7,9,11-14H2,1-2H3. The number of hydrogen-bond acceptors (Lipinski definition) is 3. The molecule has 0 fully saturated rings. The molecule has 2 rings (SSSR count). The van der Waals surface area contributed by atoms with Crippen molar-refractivity contribution in [3.05, 3.63) is 29.8 Å². The smallest absolute Gasteiger partial charge is 0.235 e. The van der Waals surface area contributed by atoms with Crippen molar-refractivity contribution < 1.29 is 13.2 Å². The maximum atomic E-state index is 12.6. The van der Waals surface area contributed by atoms with Crippen molar-refractivity contribution in [2.24, 2.45) is 0 Å². The lowest BCUT2D eigenvalue weighted by atomic mass is 10.0. The van der Waals surface area contributed by atoms with Crippen molar-refractivity contribution >= 4 is 21.6 Å². The van der Waals surface area contributed by atoms with Gasteiger partial charge in [-0.2, -0.15) is 0 Å². The molecule has 0 spiro atoms. The topological polar surface area (TPSA) is 57.7 Å². The molecule has 23 heavy (non-hydrogen) atoms. The summed E-state index contributed by atoms with van der Waals surface area (Å²) in [6, 6.07) is 7.61. The highest BCUT2D eigenvalue weighted by molar-refractivity contribution is 7.92. The molecule has 0 saturated heterocycles. The maximum Gasteiger partial charge on any atom is 0.235 e. The molecule has 128 valence electrons. The van der Waals surface area contributed by atoms with Gasteiger partial charge in [-0.1, -0.05) is 31.5 Å². The number of benzene rings is 1. The molecule has 0 bridgehead atoms. The number of rotatable bonds is 7. The van der Waals surface area contributed by atoms with Gasteiger partial charge in [-0.15, -0.1) is 0 Å². The molecule has 1 aliphatic rings. The van der Waals surface area contributed by atoms with Gasteiger partial charge in [0.25, 0.3) is 0 Å². The Morgan fingerprint density at radius 1 is 1.30 bits per heavy atom. The molecule has 1 aliphatic heterocycles. The molecule has 0 radical (unpaired) electrons. The number of anilines is 1. The Morgan fingerprint density at radius 3 is 2.78 bits per heavy atom. The Bertz CT molecular complexity index is 643. The van der Waals surface area contributed by atoms with Crippen LogP contribution in [0.2, 0.25) is 0 Å². The number of para-hydroxylation sites is 1. The third kappa shape index (κ3) is 4.47. The van der Waals surface area contributed by atoms with Gasteiger partial charge in [0, 0.05) is 26.6 Å². The molecule has 1 heterocycles. The first-order valence-corrected chi connectivity index (χ1v) is 9.89. The van der Waals surface area contributed by atoms with E-state index < -0.39 is 10.0 Å². The first-order chi connectivity index (χ1) is 11.0. The minimum absolute atomic E-state index is 0.0429. The highest BCUT2D eigenvalue weighted by Gasteiger charge is 2.27. The van der Waals surface area contributed by atoms with E-state index >= 15 is 0 Å². The van der Waals surface area contributed by atoms with Gasteiger partial charge in [0.05, 0.1) is 11.4 Å². The largest absolute Gasteiger partial charge is 0.346 e. The fraction of sp³-hybridized carbons (Fsp3) is 0.588. The van der Waals surface area contributed by atoms with Crippen molar-refractivity contribution in [2.75, 3.05) is 30.2 Å². The molecule has 0 aliphatic carbocycles. The van der Waals surface area contributed by atoms with Crippen LogP contribution >= 0.6 is 0 Å². The van der Waals surface area contributed by atoms with Crippen LogP contribution in [-0.2, 0) is 21.2 Å². The Balaban J connectivity index is 2.02. The minimum Gasteiger partial charge on any atom is -0.346 e. The Hall–Kier alpha value is -1.56. The normalized spacial score (nSPS) is 14.4. The summed E-state index contributed by atoms with van der Waals surface area (Å²) in [6.45, 7) is 3.25. The van der Waals surface area contributed by atoms with E-state index in [0.29, 0.717) is 13.1 Å². The zero-order chi connectivity index (χ0) is 16.9. The van der Waals surface area contributed by atoms with Crippen molar-refractivity contribution in [3.63, 3.8) is 0 Å². The molecule has 0 aromatic heterocycles. The second-order valence-electron chi connectivity index (χ2n) is 6.04. The number of carbonyl (C=O) groups excluding carboxylic acids is 1. The Kier molecular flexibility index (Phi) is 6.04. The van der Waals surface area contributed by atoms with Crippen LogP contribution in [0.1, 0.15) is 38.2 Å². The second kappa shape index (κ2) is 7.81. The summed E-state index contributed by atoms with van der Waals surface area (Å²) in [5.41, 5.74) is 1.83. The van der Waals surface area contributed by atoms with Crippen molar-refractivity contribution in [2.45, 2.75) is 39.0 Å². The average Bonchev–Trinajstić information content (AvgIpc) is 2.57. The zero-order valence-corrected chi connectivity index (χ0v) is 14.8. The third-order valence-electron chi connectivity index (χ3n) is 4.25. The van der Waals surface area contributed by atoms with E-state index in [1.165, 1.54) is 4.31 Å². The van der Waals surface area contributed by atoms with Crippen LogP contribution < -0.4 is 4.31 Å². The third-order valence-corrected chi connectivity index (χ3v) is 6.02. The molecule has 6 heteroatoms. The summed E-state index contributed by atoms with van der Waals surface area (Å²) in [7, 11) is -1.72. The van der Waals surface area contributed by atoms with Crippen molar-refractivity contribution in [3.8, 4) is 0 Å². The summed E-state index contributed by atoms with van der Waals surface area (Å²) >= 11 is 0. The number of aryl methyl sites for hydroxylation is 1. The molecule has 0 unspecified atom stereocenters. The second-order valence-corrected chi connectivity index (χ2v) is 8.05. The summed E-state index contributed by atoms with van der Waals surface area (Å²) in [6.07, 6.45) is 3.72. The van der Waals surface area contributed by atoms with Gasteiger partial charge in [0.1, 0.15) is 0 Å². The number of unbranched alkanes of at least 4 members (excludes halogenated alkanes) is 1. The van der Waals surface area contributed by atoms with Crippen LogP contribution in [0.25, 0.3) is 0 Å². The Labute approximate surface area is 139 Å². The van der Waals surface area contributed by atoms with E-state index in [9.17, 15) is 13.2 Å². The van der Waals surface area contributed by atoms with Crippen LogP contribution in [0.5, 0.6) is 0 Å². The van der Waals surface area contributed by atoms with Crippen LogP contribution in [0.15, 0.2) is 24.3 Å². The molecule has 1 amide bonds. The van der Waals surface area contributed by atoms with Gasteiger partial charge in [-0.05, 0) is 30.9 Å². The van der Waals surface area contributed by atoms with Crippen LogP contribution in [0.4, 0.5) is 5.69 Å². The van der Waals surface area contributed by atoms with Crippen LogP contribution in [0, 0.1) is 0 Å². The lowest BCUT2D eigenvalue weighted by Crippen LogP contribution is -2.38. The predicted octanol–water partition coefficient (Wildman–Crippen LogP) is 2.42. The van der Waals surface area contributed by atoms with Gasteiger partial charge < -0.3 is 4.90 Å². The number of fused-ring (bicyclic) bond motifs is 1. The summed E-state index contributed by atoms with van der Waals surface area (Å²) in [5.74, 6) is -0.233. The molecule has 0 atom stereocenters. The highest BCUT2D eigenvalue weighted by atomic mass is 32.2. The molecule has 0 saturated carbocycles. The molecule has 1 aromatic rings. The van der Waals surface area contributed by atoms with Gasteiger partial charge in [0.2, 0.25) is 15.9 Å². The number of amides is 1. The maximum absolute atomic E-state index is 12.6. The number of hydrogen-bond donors (Lipinski definition) is 0. The summed E-state index contributed by atoms with van der Waals surface area (Å²) < 4.78 is 26.8. The Morgan fingerprint density at radius 2 is 2.04 bits per heavy atom. The van der Waals surface area contributed by atoms with E-state index in [4.69, 9.17) is 0 Å². The van der Waals surface area contributed by atoms with Crippen molar-refractivity contribution in [1.29, 1.82) is 0 Å². The van der Waals surface area contributed by atoms with Gasteiger partial charge in [0.15, 0.2) is 0 Å². The predicted molar refractivity (Wildman–Crippen MR) is 93.1 cm³/mol. The van der Waals surface area contributed by atoms with E-state index in [0.717, 1.165) is 36.9 Å². The summed E-state index contributed by atoms with van der Waals surface area (Å²) in [5, 5.41) is 0. The molecule has 5 nitrogen and oxygen atoms in total. The monoisotopic (exact) mass is 338 g/mol. The van der Waals surface area contributed by atoms with Gasteiger partial charge in [-0.25, -0.2) is 8.42 Å². The first kappa shape index (κ1) is 17.8. The highest BCUT2D eigenvalue weighted by Crippen LogP contribution is 2.29. The number of sulfonamides is 1. The number of nitrogens with zero attached hydrogens (tertiary/aromatic N) is 2. The molecular weight excluding hydrogens is 312 g/mol. The van der Waals surface area contributed by atoms with E-state index in [-0.39, 0.29) is 18.1 Å². The fourth-order valence-corrected chi connectivity index (χ4v) is 4.36. The average molecular weight is 338 g/mol. The minimum atomic E-state index is -3.46. The summed E-state index contributed by atoms with van der Waals surface area (Å²) in [4.78, 5) is 13.7. The van der Waals surface area contributed by atoms with Crippen molar-refractivity contribution in [1.82, 2.24) is 4.90 Å². The molecular formula is C17H26N2O3S. The quantitative estimate of drug-likeness (QED) is 0.767. The fourth-order valence-electron chi connectivity index (χ4n) is 2.83. The first-order valence-electron chi connectivity index (χ1n) is 8.28. The van der Waals surface area contributed by atoms with Gasteiger partial charge >= 0.3 is 0 Å². The number of carbonyl (C=O) groups is 1. The van der Waals surface area contributed by atoms with Gasteiger partial charge in [-0.3, -0.25) is 9.10 Å². The van der Waals surface area contributed by atoms with Crippen LogP contribution in [-0.4, -0.2) is 45.1 Å². The van der Waals surface area contributed by atoms with E-state index in [1.54, 1.807) is 11.9 Å². The molecule has 1 aromatic carbocycles. The van der Waals surface area contributed by atoms with E-state index in [1.807, 2.05) is 24.3 Å². The molecule has 0 N–H and O–H groups in total. The lowest BCUT2D eigenvalue weighted by molar-refractivity contribution is -0.129. The zero-order valence-electron chi connectivity index (χ0n) is 14.0. The lowest BCUT2D eigenvalue weighted by Gasteiger charge is -2.30.